The fourth-order valence-corrected chi connectivity index (χ4v) is 4.31. The van der Waals surface area contributed by atoms with Crippen molar-refractivity contribution < 1.29 is 4.79 Å². The minimum atomic E-state index is 0.0464. The van der Waals surface area contributed by atoms with Crippen molar-refractivity contribution in [2.75, 3.05) is 11.9 Å². The van der Waals surface area contributed by atoms with Gasteiger partial charge in [0.2, 0.25) is 5.91 Å². The Labute approximate surface area is 130 Å². The summed E-state index contributed by atoms with van der Waals surface area (Å²) in [5.41, 5.74) is 7.68. The van der Waals surface area contributed by atoms with Gasteiger partial charge in [0.05, 0.1) is 5.69 Å². The first-order valence-corrected chi connectivity index (χ1v) is 8.08. The van der Waals surface area contributed by atoms with E-state index in [9.17, 15) is 4.79 Å². The number of carbonyl (C=O) groups excluding carboxylic acids is 1. The quantitative estimate of drug-likeness (QED) is 0.825. The van der Waals surface area contributed by atoms with Gasteiger partial charge in [-0.25, -0.2) is 0 Å². The van der Waals surface area contributed by atoms with Gasteiger partial charge in [0.15, 0.2) is 0 Å². The molecule has 1 saturated carbocycles. The van der Waals surface area contributed by atoms with Crippen LogP contribution in [0, 0.1) is 18.8 Å². The second-order valence-electron chi connectivity index (χ2n) is 5.13. The molecule has 1 aromatic rings. The third-order valence-corrected chi connectivity index (χ3v) is 4.98. The van der Waals surface area contributed by atoms with Crippen LogP contribution in [0.4, 0.5) is 5.69 Å². The molecule has 1 amide bonds. The van der Waals surface area contributed by atoms with Crippen molar-refractivity contribution in [3.63, 3.8) is 0 Å². The van der Waals surface area contributed by atoms with Gasteiger partial charge in [-0.15, -0.1) is 0 Å². The average Bonchev–Trinajstić information content (AvgIpc) is 2.81. The zero-order chi connectivity index (χ0) is 14.0. The molecule has 19 heavy (non-hydrogen) atoms. The molecule has 3 nitrogen and oxygen atoms in total. The zero-order valence-corrected chi connectivity index (χ0v) is 14.1. The molecule has 0 aromatic heterocycles. The van der Waals surface area contributed by atoms with E-state index in [1.54, 1.807) is 0 Å². The molecule has 5 heteroatoms. The summed E-state index contributed by atoms with van der Waals surface area (Å²) in [6, 6.07) is 3.99. The molecular weight excluding hydrogens is 372 g/mol. The Morgan fingerprint density at radius 1 is 1.37 bits per heavy atom. The summed E-state index contributed by atoms with van der Waals surface area (Å²) >= 11 is 7.00. The molecule has 1 fully saturated rings. The summed E-state index contributed by atoms with van der Waals surface area (Å²) < 4.78 is 1.80. The number of aryl methyl sites for hydroxylation is 1. The molecule has 2 unspecified atom stereocenters. The molecule has 2 rings (SSSR count). The maximum atomic E-state index is 12.4. The zero-order valence-electron chi connectivity index (χ0n) is 10.9. The van der Waals surface area contributed by atoms with Gasteiger partial charge >= 0.3 is 0 Å². The average molecular weight is 390 g/mol. The predicted molar refractivity (Wildman–Crippen MR) is 85.1 cm³/mol. The molecule has 0 bridgehead atoms. The maximum Gasteiger partial charge on any atom is 0.227 e. The fourth-order valence-electron chi connectivity index (χ4n) is 2.70. The van der Waals surface area contributed by atoms with Crippen LogP contribution in [0.3, 0.4) is 0 Å². The number of amides is 1. The van der Waals surface area contributed by atoms with Crippen molar-refractivity contribution >= 4 is 43.5 Å². The van der Waals surface area contributed by atoms with E-state index in [1.807, 2.05) is 19.1 Å². The second-order valence-corrected chi connectivity index (χ2v) is 6.83. The Kier molecular flexibility index (Phi) is 5.03. The van der Waals surface area contributed by atoms with Gasteiger partial charge in [-0.2, -0.15) is 0 Å². The van der Waals surface area contributed by atoms with Crippen LogP contribution in [0.2, 0.25) is 0 Å². The lowest BCUT2D eigenvalue weighted by Gasteiger charge is -2.19. The number of benzene rings is 1. The Balaban J connectivity index is 2.15. The topological polar surface area (TPSA) is 55.1 Å². The van der Waals surface area contributed by atoms with Crippen LogP contribution in [0.25, 0.3) is 0 Å². The van der Waals surface area contributed by atoms with E-state index in [2.05, 4.69) is 37.2 Å². The number of hydrogen-bond donors (Lipinski definition) is 2. The lowest BCUT2D eigenvalue weighted by atomic mass is 9.95. The molecule has 2 atom stereocenters. The Morgan fingerprint density at radius 2 is 2.00 bits per heavy atom. The highest BCUT2D eigenvalue weighted by Gasteiger charge is 2.32. The van der Waals surface area contributed by atoms with Crippen LogP contribution in [0.15, 0.2) is 21.1 Å². The first-order chi connectivity index (χ1) is 9.02. The van der Waals surface area contributed by atoms with Crippen molar-refractivity contribution in [2.24, 2.45) is 17.6 Å². The highest BCUT2D eigenvalue weighted by molar-refractivity contribution is 9.11. The van der Waals surface area contributed by atoms with Gasteiger partial charge in [0, 0.05) is 14.9 Å². The van der Waals surface area contributed by atoms with E-state index >= 15 is 0 Å². The van der Waals surface area contributed by atoms with Crippen molar-refractivity contribution in [3.05, 3.63) is 26.6 Å². The normalized spacial score (nSPS) is 22.5. The largest absolute Gasteiger partial charge is 0.330 e. The third-order valence-electron chi connectivity index (χ3n) is 3.73. The van der Waals surface area contributed by atoms with Gasteiger partial charge < -0.3 is 11.1 Å². The van der Waals surface area contributed by atoms with E-state index in [0.29, 0.717) is 12.5 Å². The van der Waals surface area contributed by atoms with E-state index in [1.165, 1.54) is 0 Å². The predicted octanol–water partition coefficient (Wildman–Crippen LogP) is 3.83. The van der Waals surface area contributed by atoms with Crippen LogP contribution < -0.4 is 11.1 Å². The summed E-state index contributed by atoms with van der Waals surface area (Å²) in [5, 5.41) is 3.02. The van der Waals surface area contributed by atoms with Crippen LogP contribution in [0.5, 0.6) is 0 Å². The Morgan fingerprint density at radius 3 is 2.58 bits per heavy atom. The number of nitrogens with one attached hydrogen (secondary N) is 1. The lowest BCUT2D eigenvalue weighted by Crippen LogP contribution is -2.30. The van der Waals surface area contributed by atoms with E-state index in [0.717, 1.165) is 39.5 Å². The number of hydrogen-bond acceptors (Lipinski definition) is 2. The summed E-state index contributed by atoms with van der Waals surface area (Å²) in [7, 11) is 0. The smallest absolute Gasteiger partial charge is 0.227 e. The highest BCUT2D eigenvalue weighted by Crippen LogP contribution is 2.35. The van der Waals surface area contributed by atoms with Crippen molar-refractivity contribution in [3.8, 4) is 0 Å². The molecule has 0 heterocycles. The standard InChI is InChI=1S/C14H18Br2N2O/c1-8-5-11(15)13(12(16)6-8)18-14(19)10-4-2-3-9(10)7-17/h5-6,9-10H,2-4,7,17H2,1H3,(H,18,19). The summed E-state index contributed by atoms with van der Waals surface area (Å²) in [6.07, 6.45) is 3.09. The summed E-state index contributed by atoms with van der Waals surface area (Å²) in [6.45, 7) is 2.61. The molecule has 3 N–H and O–H groups in total. The second kappa shape index (κ2) is 6.37. The number of halogens is 2. The van der Waals surface area contributed by atoms with Crippen LogP contribution in [0.1, 0.15) is 24.8 Å². The molecule has 1 aliphatic carbocycles. The molecule has 1 aromatic carbocycles. The number of rotatable bonds is 3. The number of nitrogens with two attached hydrogens (primary N) is 1. The fraction of sp³-hybridized carbons (Fsp3) is 0.500. The third kappa shape index (κ3) is 3.38. The van der Waals surface area contributed by atoms with Gasteiger partial charge in [-0.1, -0.05) is 6.42 Å². The van der Waals surface area contributed by atoms with E-state index in [4.69, 9.17) is 5.73 Å². The molecule has 0 saturated heterocycles. The van der Waals surface area contributed by atoms with Gasteiger partial charge in [0.1, 0.15) is 0 Å². The lowest BCUT2D eigenvalue weighted by molar-refractivity contribution is -0.120. The van der Waals surface area contributed by atoms with Crippen LogP contribution in [-0.4, -0.2) is 12.5 Å². The van der Waals surface area contributed by atoms with Crippen molar-refractivity contribution in [2.45, 2.75) is 26.2 Å². The Bertz CT molecular complexity index is 467. The minimum Gasteiger partial charge on any atom is -0.330 e. The highest BCUT2D eigenvalue weighted by atomic mass is 79.9. The van der Waals surface area contributed by atoms with Crippen molar-refractivity contribution in [1.82, 2.24) is 0 Å². The monoisotopic (exact) mass is 388 g/mol. The number of anilines is 1. The van der Waals surface area contributed by atoms with E-state index < -0.39 is 0 Å². The molecule has 0 aliphatic heterocycles. The van der Waals surface area contributed by atoms with Gasteiger partial charge in [0.25, 0.3) is 0 Å². The molecular formula is C14H18Br2N2O. The molecule has 0 spiro atoms. The summed E-state index contributed by atoms with van der Waals surface area (Å²) in [4.78, 5) is 12.4. The first-order valence-electron chi connectivity index (χ1n) is 6.49. The maximum absolute atomic E-state index is 12.4. The van der Waals surface area contributed by atoms with Gasteiger partial charge in [-0.3, -0.25) is 4.79 Å². The Hall–Kier alpha value is -0.390. The number of carbonyl (C=O) groups is 1. The minimum absolute atomic E-state index is 0.0464. The van der Waals surface area contributed by atoms with Crippen LogP contribution >= 0.6 is 31.9 Å². The molecule has 104 valence electrons. The SMILES string of the molecule is Cc1cc(Br)c(NC(=O)C2CCCC2CN)c(Br)c1. The van der Waals surface area contributed by atoms with E-state index in [-0.39, 0.29) is 11.8 Å². The van der Waals surface area contributed by atoms with Crippen molar-refractivity contribution in [1.29, 1.82) is 0 Å². The van der Waals surface area contributed by atoms with Gasteiger partial charge in [-0.05, 0) is 81.8 Å². The molecule has 0 radical (unpaired) electrons. The summed E-state index contributed by atoms with van der Waals surface area (Å²) in [5.74, 6) is 0.450. The first kappa shape index (κ1) is 15.0. The molecule has 1 aliphatic rings. The van der Waals surface area contributed by atoms with Crippen LogP contribution in [-0.2, 0) is 4.79 Å².